The Morgan fingerprint density at radius 2 is 1.81 bits per heavy atom. The topological polar surface area (TPSA) is 81.4 Å². The second kappa shape index (κ2) is 8.51. The van der Waals surface area contributed by atoms with Crippen LogP contribution in [0.2, 0.25) is 5.02 Å². The van der Waals surface area contributed by atoms with Crippen LogP contribution in [-0.2, 0) is 16.0 Å². The lowest BCUT2D eigenvalue weighted by atomic mass is 10.2. The molecule has 1 N–H and O–H groups in total. The normalized spacial score (nSPS) is 10.4. The molecular weight excluding hydrogens is 368 g/mol. The molecule has 0 aliphatic rings. The van der Waals surface area contributed by atoms with Crippen LogP contribution in [0.25, 0.3) is 11.3 Å². The van der Waals surface area contributed by atoms with Gasteiger partial charge in [0.25, 0.3) is 0 Å². The molecule has 1 heterocycles. The number of halogens is 1. The smallest absolute Gasteiger partial charge is 0.337 e. The molecule has 0 spiro atoms. The van der Waals surface area contributed by atoms with Gasteiger partial charge >= 0.3 is 5.97 Å². The molecule has 27 heavy (non-hydrogen) atoms. The van der Waals surface area contributed by atoms with Crippen LogP contribution in [-0.4, -0.2) is 24.0 Å². The van der Waals surface area contributed by atoms with Crippen molar-refractivity contribution in [3.05, 3.63) is 71.2 Å². The number of esters is 1. The van der Waals surface area contributed by atoms with Gasteiger partial charge in [-0.2, -0.15) is 0 Å². The lowest BCUT2D eigenvalue weighted by Crippen LogP contribution is -2.12. The quantitative estimate of drug-likeness (QED) is 0.639. The number of hydrogen-bond donors (Lipinski definition) is 1. The molecule has 3 rings (SSSR count). The fourth-order valence-electron chi connectivity index (χ4n) is 2.42. The Balaban J connectivity index is 1.53. The maximum Gasteiger partial charge on any atom is 0.337 e. The third-order valence-electron chi connectivity index (χ3n) is 3.84. The second-order valence-electron chi connectivity index (χ2n) is 5.74. The number of rotatable bonds is 6. The van der Waals surface area contributed by atoms with Crippen LogP contribution in [0.4, 0.5) is 5.69 Å². The van der Waals surface area contributed by atoms with Crippen LogP contribution in [0.1, 0.15) is 22.7 Å². The highest BCUT2D eigenvalue weighted by molar-refractivity contribution is 6.30. The number of aromatic nitrogens is 1. The van der Waals surface area contributed by atoms with Crippen molar-refractivity contribution in [2.75, 3.05) is 12.4 Å². The number of ether oxygens (including phenoxy) is 1. The number of benzene rings is 2. The van der Waals surface area contributed by atoms with Crippen LogP contribution in [0.3, 0.4) is 0 Å². The highest BCUT2D eigenvalue weighted by atomic mass is 35.5. The zero-order valence-electron chi connectivity index (χ0n) is 14.6. The van der Waals surface area contributed by atoms with Gasteiger partial charge in [-0.25, -0.2) is 9.78 Å². The minimum Gasteiger partial charge on any atom is -0.465 e. The first kappa shape index (κ1) is 18.7. The minimum absolute atomic E-state index is 0.174. The Kier molecular flexibility index (Phi) is 5.88. The van der Waals surface area contributed by atoms with Crippen molar-refractivity contribution in [1.29, 1.82) is 0 Å². The number of amides is 1. The lowest BCUT2D eigenvalue weighted by molar-refractivity contribution is -0.116. The average molecular weight is 385 g/mol. The summed E-state index contributed by atoms with van der Waals surface area (Å²) in [6.45, 7) is 0. The van der Waals surface area contributed by atoms with Crippen LogP contribution in [0.15, 0.2) is 59.1 Å². The second-order valence-corrected chi connectivity index (χ2v) is 6.18. The highest BCUT2D eigenvalue weighted by Gasteiger charge is 2.10. The summed E-state index contributed by atoms with van der Waals surface area (Å²) >= 11 is 5.87. The van der Waals surface area contributed by atoms with Crippen molar-refractivity contribution >= 4 is 29.2 Å². The number of nitrogens with one attached hydrogen (secondary N) is 1. The summed E-state index contributed by atoms with van der Waals surface area (Å²) in [5.74, 6) is 0.511. The van der Waals surface area contributed by atoms with E-state index in [4.69, 9.17) is 16.0 Å². The summed E-state index contributed by atoms with van der Waals surface area (Å²) in [4.78, 5) is 27.7. The summed E-state index contributed by atoms with van der Waals surface area (Å²) in [5.41, 5.74) is 1.89. The van der Waals surface area contributed by atoms with Crippen molar-refractivity contribution in [1.82, 2.24) is 4.98 Å². The molecule has 3 aromatic rings. The van der Waals surface area contributed by atoms with Crippen molar-refractivity contribution < 1.29 is 18.7 Å². The Morgan fingerprint density at radius 3 is 2.48 bits per heavy atom. The van der Waals surface area contributed by atoms with Gasteiger partial charge < -0.3 is 14.5 Å². The first-order chi connectivity index (χ1) is 13.0. The summed E-state index contributed by atoms with van der Waals surface area (Å²) in [6, 6.07) is 13.7. The maximum atomic E-state index is 12.1. The third kappa shape index (κ3) is 4.95. The first-order valence-electron chi connectivity index (χ1n) is 8.24. The standard InChI is InChI=1S/C20H17ClN2O4/c1-26-20(25)14-4-8-16(9-5-14)23-18(24)10-11-19-22-12-17(27-19)13-2-6-15(21)7-3-13/h2-9,12H,10-11H2,1H3,(H,23,24). The lowest BCUT2D eigenvalue weighted by Gasteiger charge is -2.05. The van der Waals surface area contributed by atoms with E-state index in [1.165, 1.54) is 7.11 Å². The van der Waals surface area contributed by atoms with Gasteiger partial charge in [0.05, 0.1) is 18.9 Å². The number of carbonyl (C=O) groups is 2. The van der Waals surface area contributed by atoms with Gasteiger partial charge in [0.1, 0.15) is 0 Å². The summed E-state index contributed by atoms with van der Waals surface area (Å²) in [7, 11) is 1.32. The Bertz CT molecular complexity index is 933. The van der Waals surface area contributed by atoms with Crippen molar-refractivity contribution in [3.8, 4) is 11.3 Å². The zero-order valence-corrected chi connectivity index (χ0v) is 15.3. The number of carbonyl (C=O) groups excluding carboxylic acids is 2. The number of oxazole rings is 1. The molecule has 7 heteroatoms. The summed E-state index contributed by atoms with van der Waals surface area (Å²) in [6.07, 6.45) is 2.22. The molecule has 0 unspecified atom stereocenters. The van der Waals surface area contributed by atoms with Gasteiger partial charge in [0, 0.05) is 29.1 Å². The van der Waals surface area contributed by atoms with Gasteiger partial charge in [-0.05, 0) is 48.5 Å². The number of hydrogen-bond acceptors (Lipinski definition) is 5. The van der Waals surface area contributed by atoms with E-state index in [1.54, 1.807) is 42.6 Å². The number of anilines is 1. The average Bonchev–Trinajstić information content (AvgIpc) is 3.16. The van der Waals surface area contributed by atoms with Gasteiger partial charge in [0.15, 0.2) is 11.7 Å². The SMILES string of the molecule is COC(=O)c1ccc(NC(=O)CCc2ncc(-c3ccc(Cl)cc3)o2)cc1. The molecular formula is C20H17ClN2O4. The van der Waals surface area contributed by atoms with Crippen molar-refractivity contribution in [2.45, 2.75) is 12.8 Å². The van der Waals surface area contributed by atoms with E-state index < -0.39 is 5.97 Å². The predicted octanol–water partition coefficient (Wildman–Crippen LogP) is 4.35. The van der Waals surface area contributed by atoms with Crippen molar-refractivity contribution in [3.63, 3.8) is 0 Å². The molecule has 138 valence electrons. The zero-order chi connectivity index (χ0) is 19.2. The largest absolute Gasteiger partial charge is 0.465 e. The van der Waals surface area contributed by atoms with E-state index in [9.17, 15) is 9.59 Å². The van der Waals surface area contributed by atoms with Gasteiger partial charge in [0.2, 0.25) is 5.91 Å². The van der Waals surface area contributed by atoms with E-state index in [2.05, 4.69) is 15.0 Å². The van der Waals surface area contributed by atoms with E-state index in [0.717, 1.165) is 5.56 Å². The van der Waals surface area contributed by atoms with Crippen LogP contribution >= 0.6 is 11.6 Å². The first-order valence-corrected chi connectivity index (χ1v) is 8.62. The summed E-state index contributed by atoms with van der Waals surface area (Å²) < 4.78 is 10.3. The number of methoxy groups -OCH3 is 1. The molecule has 0 bridgehead atoms. The highest BCUT2D eigenvalue weighted by Crippen LogP contribution is 2.22. The summed E-state index contributed by atoms with van der Waals surface area (Å²) in [5, 5.41) is 3.41. The van der Waals surface area contributed by atoms with E-state index in [-0.39, 0.29) is 12.3 Å². The Labute approximate surface area is 161 Å². The number of aryl methyl sites for hydroxylation is 1. The molecule has 2 aromatic carbocycles. The molecule has 0 aliphatic heterocycles. The molecule has 0 atom stereocenters. The monoisotopic (exact) mass is 384 g/mol. The van der Waals surface area contributed by atoms with E-state index in [0.29, 0.717) is 34.3 Å². The molecule has 0 radical (unpaired) electrons. The molecule has 0 saturated carbocycles. The molecule has 0 aliphatic carbocycles. The minimum atomic E-state index is -0.423. The molecule has 1 aromatic heterocycles. The van der Waals surface area contributed by atoms with Gasteiger partial charge in [-0.3, -0.25) is 4.79 Å². The number of nitrogens with zero attached hydrogens (tertiary/aromatic N) is 1. The maximum absolute atomic E-state index is 12.1. The predicted molar refractivity (Wildman–Crippen MR) is 102 cm³/mol. The molecule has 0 saturated heterocycles. The van der Waals surface area contributed by atoms with Crippen LogP contribution in [0, 0.1) is 0 Å². The van der Waals surface area contributed by atoms with Gasteiger partial charge in [-0.15, -0.1) is 0 Å². The van der Waals surface area contributed by atoms with E-state index >= 15 is 0 Å². The van der Waals surface area contributed by atoms with Crippen LogP contribution < -0.4 is 5.32 Å². The van der Waals surface area contributed by atoms with E-state index in [1.807, 2.05) is 12.1 Å². The molecule has 0 fully saturated rings. The molecule has 1 amide bonds. The fourth-order valence-corrected chi connectivity index (χ4v) is 2.55. The molecule has 6 nitrogen and oxygen atoms in total. The van der Waals surface area contributed by atoms with Gasteiger partial charge in [-0.1, -0.05) is 11.6 Å². The third-order valence-corrected chi connectivity index (χ3v) is 4.09. The van der Waals surface area contributed by atoms with Crippen LogP contribution in [0.5, 0.6) is 0 Å². The van der Waals surface area contributed by atoms with Crippen molar-refractivity contribution in [2.24, 2.45) is 0 Å². The fraction of sp³-hybridized carbons (Fsp3) is 0.150. The Hall–Kier alpha value is -3.12. The Morgan fingerprint density at radius 1 is 1.11 bits per heavy atom.